The molecule has 0 saturated carbocycles. The van der Waals surface area contributed by atoms with Crippen molar-refractivity contribution < 1.29 is 13.0 Å². The van der Waals surface area contributed by atoms with Gasteiger partial charge in [-0.1, -0.05) is 30.3 Å². The van der Waals surface area contributed by atoms with E-state index in [4.69, 9.17) is 4.55 Å². The average molecular weight is 210 g/mol. The fourth-order valence-corrected chi connectivity index (χ4v) is 2.53. The van der Waals surface area contributed by atoms with Crippen LogP contribution in [0.2, 0.25) is 0 Å². The van der Waals surface area contributed by atoms with Gasteiger partial charge in [0.05, 0.1) is 4.91 Å². The van der Waals surface area contributed by atoms with Crippen LogP contribution < -0.4 is 10.4 Å². The highest BCUT2D eigenvalue weighted by Crippen LogP contribution is 2.13. The third kappa shape index (κ3) is 1.58. The van der Waals surface area contributed by atoms with Crippen LogP contribution in [0.4, 0.5) is 0 Å². The molecule has 1 aromatic carbocycles. The molecule has 0 unspecified atom stereocenters. The summed E-state index contributed by atoms with van der Waals surface area (Å²) >= 11 is 0. The summed E-state index contributed by atoms with van der Waals surface area (Å²) in [7, 11) is -4.04. The molecule has 0 atom stereocenters. The number of hydrogen-bond acceptors (Lipinski definition) is 2. The van der Waals surface area contributed by atoms with E-state index in [-0.39, 0.29) is 4.91 Å². The summed E-state index contributed by atoms with van der Waals surface area (Å²) in [5.74, 6) is 0. The minimum atomic E-state index is -4.04. The lowest BCUT2D eigenvalue weighted by Crippen LogP contribution is -2.31. The fraction of sp³-hybridized carbons (Fsp3) is 0.200. The largest absolute Gasteiger partial charge is 0.291 e. The quantitative estimate of drug-likeness (QED) is 0.676. The molecule has 0 saturated heterocycles. The highest BCUT2D eigenvalue weighted by Gasteiger charge is 2.16. The first kappa shape index (κ1) is 9.43. The van der Waals surface area contributed by atoms with Crippen LogP contribution in [0.25, 0.3) is 11.0 Å². The molecule has 0 aromatic heterocycles. The molecule has 0 heterocycles. The second-order valence-electron chi connectivity index (χ2n) is 3.23. The molecule has 14 heavy (non-hydrogen) atoms. The van der Waals surface area contributed by atoms with E-state index >= 15 is 0 Å². The molecule has 74 valence electrons. The van der Waals surface area contributed by atoms with Gasteiger partial charge in [0.15, 0.2) is 0 Å². The van der Waals surface area contributed by atoms with Crippen LogP contribution in [0.15, 0.2) is 24.3 Å². The molecule has 0 bridgehead atoms. The molecule has 0 radical (unpaired) electrons. The van der Waals surface area contributed by atoms with Gasteiger partial charge in [-0.05, 0) is 23.3 Å². The lowest BCUT2D eigenvalue weighted by Gasteiger charge is -2.07. The van der Waals surface area contributed by atoms with Crippen molar-refractivity contribution in [3.8, 4) is 0 Å². The number of fused-ring (bicyclic) bond motifs is 1. The Kier molecular flexibility index (Phi) is 2.17. The Labute approximate surface area is 82.1 Å². The second-order valence-corrected chi connectivity index (χ2v) is 4.67. The lowest BCUT2D eigenvalue weighted by atomic mass is 10.1. The monoisotopic (exact) mass is 210 g/mol. The molecular weight excluding hydrogens is 200 g/mol. The molecule has 0 spiro atoms. The van der Waals surface area contributed by atoms with E-state index in [2.05, 4.69) is 0 Å². The van der Waals surface area contributed by atoms with Crippen molar-refractivity contribution in [2.75, 3.05) is 0 Å². The normalized spacial score (nSPS) is 15.9. The first-order valence-corrected chi connectivity index (χ1v) is 5.79. The van der Waals surface area contributed by atoms with Crippen LogP contribution in [0.5, 0.6) is 0 Å². The first-order chi connectivity index (χ1) is 6.59. The van der Waals surface area contributed by atoms with Gasteiger partial charge in [-0.15, -0.1) is 0 Å². The maximum absolute atomic E-state index is 11.1. The fourth-order valence-electron chi connectivity index (χ4n) is 1.69. The summed E-state index contributed by atoms with van der Waals surface area (Å²) in [6.45, 7) is 0. The van der Waals surface area contributed by atoms with Gasteiger partial charge in [0.25, 0.3) is 10.1 Å². The zero-order chi connectivity index (χ0) is 10.2. The Hall–Kier alpha value is -1.13. The molecule has 1 aliphatic rings. The van der Waals surface area contributed by atoms with E-state index in [0.717, 1.165) is 5.22 Å². The van der Waals surface area contributed by atoms with Gasteiger partial charge in [-0.2, -0.15) is 8.42 Å². The molecule has 0 fully saturated rings. The average Bonchev–Trinajstić information content (AvgIpc) is 2.15. The van der Waals surface area contributed by atoms with Crippen LogP contribution in [-0.2, 0) is 10.1 Å². The molecule has 1 N–H and O–H groups in total. The molecule has 3 nitrogen and oxygen atoms in total. The number of rotatable bonds is 1. The van der Waals surface area contributed by atoms with Crippen LogP contribution in [0.3, 0.4) is 0 Å². The molecule has 4 heteroatoms. The van der Waals surface area contributed by atoms with Gasteiger partial charge < -0.3 is 0 Å². The van der Waals surface area contributed by atoms with E-state index in [1.54, 1.807) is 12.1 Å². The van der Waals surface area contributed by atoms with E-state index in [1.165, 1.54) is 0 Å². The Morgan fingerprint density at radius 1 is 1.21 bits per heavy atom. The molecule has 2 rings (SSSR count). The topological polar surface area (TPSA) is 54.4 Å². The van der Waals surface area contributed by atoms with E-state index in [0.29, 0.717) is 18.1 Å². The summed E-state index contributed by atoms with van der Waals surface area (Å²) in [5.41, 5.74) is 0. The summed E-state index contributed by atoms with van der Waals surface area (Å²) in [6.07, 6.45) is 3.02. The van der Waals surface area contributed by atoms with E-state index < -0.39 is 10.1 Å². The van der Waals surface area contributed by atoms with E-state index in [9.17, 15) is 8.42 Å². The van der Waals surface area contributed by atoms with Crippen LogP contribution in [0.1, 0.15) is 12.8 Å². The Morgan fingerprint density at radius 3 is 2.64 bits per heavy atom. The smallest absolute Gasteiger partial charge is 0.282 e. The van der Waals surface area contributed by atoms with Crippen molar-refractivity contribution >= 4 is 21.1 Å². The van der Waals surface area contributed by atoms with Crippen molar-refractivity contribution in [2.24, 2.45) is 0 Å². The number of hydrogen-bond donors (Lipinski definition) is 1. The van der Waals surface area contributed by atoms with Crippen molar-refractivity contribution in [2.45, 2.75) is 12.8 Å². The second kappa shape index (κ2) is 3.22. The van der Waals surface area contributed by atoms with Crippen LogP contribution in [-0.4, -0.2) is 13.0 Å². The van der Waals surface area contributed by atoms with Gasteiger partial charge in [-0.25, -0.2) is 0 Å². The zero-order valence-corrected chi connectivity index (χ0v) is 8.29. The molecule has 1 aliphatic carbocycles. The lowest BCUT2D eigenvalue weighted by molar-refractivity contribution is 0.494. The maximum atomic E-state index is 11.1. The zero-order valence-electron chi connectivity index (χ0n) is 7.47. The number of benzene rings is 1. The summed E-state index contributed by atoms with van der Waals surface area (Å²) < 4.78 is 31.1. The van der Waals surface area contributed by atoms with Crippen molar-refractivity contribution in [3.05, 3.63) is 34.7 Å². The summed E-state index contributed by atoms with van der Waals surface area (Å²) in [6, 6.07) is 7.18. The summed E-state index contributed by atoms with van der Waals surface area (Å²) in [4.78, 5) is 0.135. The van der Waals surface area contributed by atoms with Crippen LogP contribution in [0, 0.1) is 0 Å². The van der Waals surface area contributed by atoms with Gasteiger partial charge in [0.2, 0.25) is 0 Å². The third-order valence-corrected chi connectivity index (χ3v) is 3.36. The highest BCUT2D eigenvalue weighted by atomic mass is 32.2. The summed E-state index contributed by atoms with van der Waals surface area (Å²) in [5, 5.41) is 1.51. The van der Waals surface area contributed by atoms with Gasteiger partial charge in [0.1, 0.15) is 0 Å². The molecular formula is C10H10O3S. The van der Waals surface area contributed by atoms with Gasteiger partial charge in [0, 0.05) is 0 Å². The molecule has 0 amide bonds. The van der Waals surface area contributed by atoms with Crippen molar-refractivity contribution in [1.29, 1.82) is 0 Å². The van der Waals surface area contributed by atoms with Gasteiger partial charge >= 0.3 is 0 Å². The SMILES string of the molecule is O=S(=O)(O)C1=c2ccccc2=CCC1. The predicted octanol–water partition coefficient (Wildman–Crippen LogP) is 0.257. The Morgan fingerprint density at radius 2 is 1.93 bits per heavy atom. The van der Waals surface area contributed by atoms with Crippen molar-refractivity contribution in [1.82, 2.24) is 0 Å². The Balaban J connectivity index is 2.93. The molecule has 1 aromatic rings. The first-order valence-electron chi connectivity index (χ1n) is 4.35. The van der Waals surface area contributed by atoms with Gasteiger partial charge in [-0.3, -0.25) is 4.55 Å². The van der Waals surface area contributed by atoms with Crippen LogP contribution >= 0.6 is 0 Å². The molecule has 0 aliphatic heterocycles. The minimum Gasteiger partial charge on any atom is -0.282 e. The van der Waals surface area contributed by atoms with Crippen molar-refractivity contribution in [3.63, 3.8) is 0 Å². The standard InChI is InChI=1S/C10H10O3S/c11-14(12,13)10-7-3-5-8-4-1-2-6-9(8)10/h1-2,4-6H,3,7H2,(H,11,12,13). The third-order valence-electron chi connectivity index (χ3n) is 2.31. The predicted molar refractivity (Wildman–Crippen MR) is 54.3 cm³/mol. The van der Waals surface area contributed by atoms with E-state index in [1.807, 2.05) is 18.2 Å². The highest BCUT2D eigenvalue weighted by molar-refractivity contribution is 7.95. The Bertz CT molecular complexity index is 570. The maximum Gasteiger partial charge on any atom is 0.291 e. The minimum absolute atomic E-state index is 0.135.